The lowest BCUT2D eigenvalue weighted by Crippen LogP contribution is -2.42. The van der Waals surface area contributed by atoms with E-state index in [1.54, 1.807) is 49.4 Å². The van der Waals surface area contributed by atoms with Crippen LogP contribution in [0.25, 0.3) is 0 Å². The predicted octanol–water partition coefficient (Wildman–Crippen LogP) is 4.04. The lowest BCUT2D eigenvalue weighted by atomic mass is 10.0. The second kappa shape index (κ2) is 9.50. The number of ketones is 1. The third-order valence-corrected chi connectivity index (χ3v) is 4.28. The van der Waals surface area contributed by atoms with Crippen LogP contribution >= 0.6 is 27.5 Å². The molecule has 0 saturated carbocycles. The molecule has 0 aromatic heterocycles. The number of Topliss-reactive ketones (excluding diaryl/α,β-unsaturated/α-hetero) is 1. The maximum Gasteiger partial charge on any atom is 0.308 e. The molecule has 0 fully saturated rings. The number of amides is 1. The fourth-order valence-corrected chi connectivity index (χ4v) is 2.74. The fourth-order valence-electron chi connectivity index (χ4n) is 2.28. The summed E-state index contributed by atoms with van der Waals surface area (Å²) < 4.78 is 5.74. The summed E-state index contributed by atoms with van der Waals surface area (Å²) in [6.07, 6.45) is -0.262. The number of nitrogens with one attached hydrogen (secondary N) is 1. The van der Waals surface area contributed by atoms with Crippen molar-refractivity contribution in [3.63, 3.8) is 0 Å². The molecular weight excluding hydrogens is 422 g/mol. The second-order valence-electron chi connectivity index (χ2n) is 5.42. The van der Waals surface area contributed by atoms with Gasteiger partial charge in [-0.05, 0) is 43.3 Å². The summed E-state index contributed by atoms with van der Waals surface area (Å²) in [6, 6.07) is 12.0. The Morgan fingerprint density at radius 1 is 1.12 bits per heavy atom. The Labute approximate surface area is 164 Å². The van der Waals surface area contributed by atoms with Crippen molar-refractivity contribution in [1.29, 1.82) is 0 Å². The van der Waals surface area contributed by atoms with Crippen LogP contribution < -0.4 is 5.32 Å². The highest BCUT2D eigenvalue weighted by Crippen LogP contribution is 2.15. The molecule has 0 aliphatic carbocycles. The first-order chi connectivity index (χ1) is 12.4. The highest BCUT2D eigenvalue weighted by molar-refractivity contribution is 9.10. The second-order valence-corrected chi connectivity index (χ2v) is 6.77. The summed E-state index contributed by atoms with van der Waals surface area (Å²) in [6.45, 7) is 1.86. The Morgan fingerprint density at radius 3 is 2.42 bits per heavy atom. The molecule has 2 aromatic carbocycles. The first-order valence-electron chi connectivity index (χ1n) is 7.92. The highest BCUT2D eigenvalue weighted by Gasteiger charge is 2.26. The van der Waals surface area contributed by atoms with E-state index < -0.39 is 23.7 Å². The number of ether oxygens (including phenoxy) is 1. The van der Waals surface area contributed by atoms with Gasteiger partial charge in [-0.1, -0.05) is 39.7 Å². The van der Waals surface area contributed by atoms with Gasteiger partial charge in [-0.25, -0.2) is 0 Å². The Balaban J connectivity index is 2.22. The minimum atomic E-state index is -1.05. The largest absolute Gasteiger partial charge is 0.466 e. The van der Waals surface area contributed by atoms with Gasteiger partial charge in [0.15, 0.2) is 5.78 Å². The van der Waals surface area contributed by atoms with Crippen LogP contribution in [-0.2, 0) is 9.53 Å². The number of esters is 1. The molecule has 1 amide bonds. The minimum absolute atomic E-state index is 0.192. The standard InChI is InChI=1S/C19H17BrClNO4/c1-2-26-17(23)11-16(18(24)13-4-3-5-15(21)10-13)22-19(25)12-6-8-14(20)9-7-12/h3-10,16H,2,11H2,1H3,(H,22,25). The number of halogens is 2. The van der Waals surface area contributed by atoms with E-state index in [4.69, 9.17) is 16.3 Å². The molecule has 0 saturated heterocycles. The first kappa shape index (κ1) is 20.1. The minimum Gasteiger partial charge on any atom is -0.466 e. The van der Waals surface area contributed by atoms with Gasteiger partial charge in [-0.3, -0.25) is 14.4 Å². The molecule has 1 unspecified atom stereocenters. The molecular formula is C19H17BrClNO4. The van der Waals surface area contributed by atoms with E-state index in [0.717, 1.165) is 4.47 Å². The van der Waals surface area contributed by atoms with E-state index in [9.17, 15) is 14.4 Å². The highest BCUT2D eigenvalue weighted by atomic mass is 79.9. The number of benzene rings is 2. The quantitative estimate of drug-likeness (QED) is 0.523. The third-order valence-electron chi connectivity index (χ3n) is 3.51. The normalized spacial score (nSPS) is 11.5. The molecule has 0 spiro atoms. The molecule has 7 heteroatoms. The molecule has 0 aliphatic heterocycles. The monoisotopic (exact) mass is 437 g/mol. The van der Waals surface area contributed by atoms with Crippen LogP contribution in [0.1, 0.15) is 34.1 Å². The SMILES string of the molecule is CCOC(=O)CC(NC(=O)c1ccc(Br)cc1)C(=O)c1cccc(Cl)c1. The molecule has 0 aliphatic rings. The Kier molecular flexibility index (Phi) is 7.36. The number of hydrogen-bond donors (Lipinski definition) is 1. The van der Waals surface area contributed by atoms with Crippen molar-refractivity contribution in [2.75, 3.05) is 6.61 Å². The Bertz CT molecular complexity index is 807. The van der Waals surface area contributed by atoms with E-state index in [0.29, 0.717) is 16.1 Å². The summed E-state index contributed by atoms with van der Waals surface area (Å²) in [5.74, 6) is -1.43. The number of carbonyl (C=O) groups is 3. The molecule has 0 heterocycles. The zero-order chi connectivity index (χ0) is 19.1. The van der Waals surface area contributed by atoms with Gasteiger partial charge in [0.2, 0.25) is 0 Å². The van der Waals surface area contributed by atoms with Gasteiger partial charge in [-0.2, -0.15) is 0 Å². The third kappa shape index (κ3) is 5.68. The van der Waals surface area contributed by atoms with Gasteiger partial charge >= 0.3 is 5.97 Å². The summed E-state index contributed by atoms with van der Waals surface area (Å²) in [4.78, 5) is 37.1. The number of hydrogen-bond acceptors (Lipinski definition) is 4. The summed E-state index contributed by atoms with van der Waals surface area (Å²) in [5, 5.41) is 3.01. The van der Waals surface area contributed by atoms with E-state index in [2.05, 4.69) is 21.2 Å². The van der Waals surface area contributed by atoms with Crippen molar-refractivity contribution in [2.45, 2.75) is 19.4 Å². The van der Waals surface area contributed by atoms with Crippen LogP contribution in [0.4, 0.5) is 0 Å². The fraction of sp³-hybridized carbons (Fsp3) is 0.211. The van der Waals surface area contributed by atoms with Crippen LogP contribution in [-0.4, -0.2) is 30.3 Å². The molecule has 1 atom stereocenters. The van der Waals surface area contributed by atoms with E-state index in [1.165, 1.54) is 6.07 Å². The van der Waals surface area contributed by atoms with Crippen LogP contribution in [0.3, 0.4) is 0 Å². The van der Waals surface area contributed by atoms with Gasteiger partial charge in [0.25, 0.3) is 5.91 Å². The molecule has 0 bridgehead atoms. The average Bonchev–Trinajstić information content (AvgIpc) is 2.61. The lowest BCUT2D eigenvalue weighted by Gasteiger charge is -2.17. The molecule has 0 radical (unpaired) electrons. The first-order valence-corrected chi connectivity index (χ1v) is 9.09. The van der Waals surface area contributed by atoms with Gasteiger partial charge in [0.1, 0.15) is 6.04 Å². The smallest absolute Gasteiger partial charge is 0.308 e. The van der Waals surface area contributed by atoms with Gasteiger partial charge < -0.3 is 10.1 Å². The van der Waals surface area contributed by atoms with Crippen LogP contribution in [0.15, 0.2) is 53.0 Å². The summed E-state index contributed by atoms with van der Waals surface area (Å²) >= 11 is 9.23. The zero-order valence-corrected chi connectivity index (χ0v) is 16.3. The van der Waals surface area contributed by atoms with E-state index in [-0.39, 0.29) is 13.0 Å². The summed E-state index contributed by atoms with van der Waals surface area (Å²) in [5.41, 5.74) is 0.684. The Morgan fingerprint density at radius 2 is 1.81 bits per heavy atom. The van der Waals surface area contributed by atoms with Gasteiger partial charge in [-0.15, -0.1) is 0 Å². The van der Waals surface area contributed by atoms with Gasteiger partial charge in [0.05, 0.1) is 13.0 Å². The molecule has 1 N–H and O–H groups in total. The topological polar surface area (TPSA) is 72.5 Å². The van der Waals surface area contributed by atoms with Crippen LogP contribution in [0.2, 0.25) is 5.02 Å². The molecule has 5 nitrogen and oxygen atoms in total. The van der Waals surface area contributed by atoms with E-state index in [1.807, 2.05) is 0 Å². The van der Waals surface area contributed by atoms with E-state index >= 15 is 0 Å². The van der Waals surface area contributed by atoms with Crippen LogP contribution in [0, 0.1) is 0 Å². The molecule has 2 rings (SSSR count). The van der Waals surface area contributed by atoms with Crippen molar-refractivity contribution >= 4 is 45.2 Å². The van der Waals surface area contributed by atoms with Crippen molar-refractivity contribution < 1.29 is 19.1 Å². The predicted molar refractivity (Wildman–Crippen MR) is 102 cm³/mol. The van der Waals surface area contributed by atoms with Crippen molar-refractivity contribution in [3.8, 4) is 0 Å². The number of carbonyl (C=O) groups excluding carboxylic acids is 3. The maximum atomic E-state index is 12.8. The lowest BCUT2D eigenvalue weighted by molar-refractivity contribution is -0.143. The number of rotatable bonds is 7. The molecule has 2 aromatic rings. The average molecular weight is 439 g/mol. The summed E-state index contributed by atoms with van der Waals surface area (Å²) in [7, 11) is 0. The van der Waals surface area contributed by atoms with Crippen molar-refractivity contribution in [1.82, 2.24) is 5.32 Å². The van der Waals surface area contributed by atoms with Gasteiger partial charge in [0, 0.05) is 20.6 Å². The van der Waals surface area contributed by atoms with Crippen molar-refractivity contribution in [3.05, 3.63) is 69.2 Å². The zero-order valence-electron chi connectivity index (χ0n) is 14.0. The van der Waals surface area contributed by atoms with Crippen LogP contribution in [0.5, 0.6) is 0 Å². The van der Waals surface area contributed by atoms with Crippen molar-refractivity contribution in [2.24, 2.45) is 0 Å². The Hall–Kier alpha value is -2.18. The molecule has 136 valence electrons. The maximum absolute atomic E-state index is 12.8. The molecule has 26 heavy (non-hydrogen) atoms.